The van der Waals surface area contributed by atoms with E-state index >= 15 is 0 Å². The van der Waals surface area contributed by atoms with Gasteiger partial charge in [0.05, 0.1) is 33.6 Å². The van der Waals surface area contributed by atoms with Crippen LogP contribution in [0, 0.1) is 6.92 Å². The summed E-state index contributed by atoms with van der Waals surface area (Å²) < 4.78 is 0. The van der Waals surface area contributed by atoms with Crippen molar-refractivity contribution in [3.63, 3.8) is 0 Å². The molecule has 1 aliphatic heterocycles. The van der Waals surface area contributed by atoms with Crippen LogP contribution in [0.5, 0.6) is 0 Å². The lowest BCUT2D eigenvalue weighted by molar-refractivity contribution is 0.0996. The van der Waals surface area contributed by atoms with Gasteiger partial charge in [0.25, 0.3) is 5.91 Å². The van der Waals surface area contributed by atoms with Crippen LogP contribution in [0.3, 0.4) is 0 Å². The molecule has 1 aliphatic rings. The Morgan fingerprint density at radius 2 is 1.97 bits per heavy atom. The highest BCUT2D eigenvalue weighted by atomic mass is 35.5. The molecule has 1 aromatic heterocycles. The van der Waals surface area contributed by atoms with Crippen molar-refractivity contribution in [2.75, 3.05) is 41.3 Å². The Hall–Kier alpha value is -3.17. The first-order valence-corrected chi connectivity index (χ1v) is 11.9. The quantitative estimate of drug-likeness (QED) is 0.428. The fourth-order valence-electron chi connectivity index (χ4n) is 4.00. The number of benzene rings is 2. The normalized spacial score (nSPS) is 13.4. The number of rotatable bonds is 7. The molecule has 1 amide bonds. The average Bonchev–Trinajstić information content (AvgIpc) is 2.86. The molecule has 0 aliphatic carbocycles. The summed E-state index contributed by atoms with van der Waals surface area (Å²) in [6.45, 7) is 8.98. The minimum absolute atomic E-state index is 0.0793. The lowest BCUT2D eigenvalue weighted by Crippen LogP contribution is -2.43. The molecule has 0 bridgehead atoms. The van der Waals surface area contributed by atoms with Crippen LogP contribution in [0.4, 0.5) is 23.0 Å². The molecule has 4 rings (SSSR count). The van der Waals surface area contributed by atoms with Gasteiger partial charge in [0, 0.05) is 55.5 Å². The lowest BCUT2D eigenvalue weighted by atomic mass is 10.1. The van der Waals surface area contributed by atoms with Crippen LogP contribution in [-0.2, 0) is 6.61 Å². The Morgan fingerprint density at radius 3 is 2.60 bits per heavy atom. The Bertz CT molecular complexity index is 1230. The average molecular weight is 513 g/mol. The molecule has 0 spiro atoms. The van der Waals surface area contributed by atoms with Crippen LogP contribution in [-0.4, -0.2) is 47.2 Å². The first-order chi connectivity index (χ1) is 16.9. The largest absolute Gasteiger partial charge is 0.392 e. The standard InChI is InChI=1S/C25H26Cl2N6O2/c1-3-33(23-20(26)5-4-6-21(23)27)24(35)19-14-29-25(30-16(19)2)31-18-7-8-22(17(13-18)15-34)32-11-9-28-10-12-32/h3-8,13-14,28,34H,1,9-12,15H2,2H3,(H,29,30,31). The van der Waals surface area contributed by atoms with E-state index in [0.29, 0.717) is 27.4 Å². The van der Waals surface area contributed by atoms with Gasteiger partial charge in [-0.25, -0.2) is 9.97 Å². The van der Waals surface area contributed by atoms with Gasteiger partial charge < -0.3 is 20.6 Å². The van der Waals surface area contributed by atoms with E-state index in [9.17, 15) is 9.90 Å². The van der Waals surface area contributed by atoms with Crippen molar-refractivity contribution < 1.29 is 9.90 Å². The fourth-order valence-corrected chi connectivity index (χ4v) is 4.57. The highest BCUT2D eigenvalue weighted by molar-refractivity contribution is 6.40. The molecule has 182 valence electrons. The van der Waals surface area contributed by atoms with Crippen LogP contribution in [0.15, 0.2) is 55.4 Å². The van der Waals surface area contributed by atoms with Crippen molar-refractivity contribution in [1.82, 2.24) is 15.3 Å². The summed E-state index contributed by atoms with van der Waals surface area (Å²) in [5, 5.41) is 17.1. The molecular weight excluding hydrogens is 487 g/mol. The number of aryl methyl sites for hydroxylation is 1. The van der Waals surface area contributed by atoms with Crippen molar-refractivity contribution in [3.8, 4) is 0 Å². The van der Waals surface area contributed by atoms with E-state index in [1.165, 1.54) is 17.3 Å². The summed E-state index contributed by atoms with van der Waals surface area (Å²) in [5.74, 6) is -0.0687. The minimum atomic E-state index is -0.401. The van der Waals surface area contributed by atoms with E-state index in [1.54, 1.807) is 25.1 Å². The molecule has 0 saturated carbocycles. The second-order valence-corrected chi connectivity index (χ2v) is 8.80. The van der Waals surface area contributed by atoms with E-state index in [2.05, 4.69) is 32.1 Å². The molecule has 3 aromatic rings. The SMILES string of the molecule is C=CN(C(=O)c1cnc(Nc2ccc(N3CCNCC3)c(CO)c2)nc1C)c1c(Cl)cccc1Cl. The van der Waals surface area contributed by atoms with Gasteiger partial charge in [-0.2, -0.15) is 0 Å². The first kappa shape index (κ1) is 24.9. The number of carbonyl (C=O) groups is 1. The predicted octanol–water partition coefficient (Wildman–Crippen LogP) is 4.53. The highest BCUT2D eigenvalue weighted by Crippen LogP contribution is 2.35. The van der Waals surface area contributed by atoms with Crippen molar-refractivity contribution in [1.29, 1.82) is 0 Å². The number of nitrogens with one attached hydrogen (secondary N) is 2. The Kier molecular flexibility index (Phi) is 7.87. The van der Waals surface area contributed by atoms with Gasteiger partial charge in [-0.15, -0.1) is 0 Å². The Balaban J connectivity index is 1.55. The van der Waals surface area contributed by atoms with Crippen molar-refractivity contribution >= 4 is 52.1 Å². The number of amides is 1. The van der Waals surface area contributed by atoms with E-state index in [1.807, 2.05) is 18.2 Å². The number of hydrogen-bond acceptors (Lipinski definition) is 7. The van der Waals surface area contributed by atoms with Gasteiger partial charge in [0.1, 0.15) is 0 Å². The number of hydrogen-bond donors (Lipinski definition) is 3. The van der Waals surface area contributed by atoms with Crippen molar-refractivity contribution in [3.05, 3.63) is 82.2 Å². The molecular formula is C25H26Cl2N6O2. The zero-order valence-corrected chi connectivity index (χ0v) is 20.8. The molecule has 3 N–H and O–H groups in total. The third kappa shape index (κ3) is 5.41. The Labute approximate surface area is 214 Å². The number of nitrogens with zero attached hydrogens (tertiary/aromatic N) is 4. The number of aromatic nitrogens is 2. The van der Waals surface area contributed by atoms with Crippen LogP contribution in [0.1, 0.15) is 21.6 Å². The molecule has 0 unspecified atom stereocenters. The van der Waals surface area contributed by atoms with E-state index in [-0.39, 0.29) is 12.2 Å². The summed E-state index contributed by atoms with van der Waals surface area (Å²) in [5.41, 5.74) is 3.68. The lowest BCUT2D eigenvalue weighted by Gasteiger charge is -2.31. The molecule has 2 heterocycles. The topological polar surface area (TPSA) is 93.6 Å². The summed E-state index contributed by atoms with van der Waals surface area (Å²) in [4.78, 5) is 25.6. The second kappa shape index (κ2) is 11.0. The second-order valence-electron chi connectivity index (χ2n) is 7.98. The number of halogens is 2. The molecule has 0 radical (unpaired) electrons. The maximum Gasteiger partial charge on any atom is 0.265 e. The van der Waals surface area contributed by atoms with E-state index in [0.717, 1.165) is 43.1 Å². The van der Waals surface area contributed by atoms with E-state index < -0.39 is 5.91 Å². The number of para-hydroxylation sites is 1. The number of aliphatic hydroxyl groups excluding tert-OH is 1. The molecule has 10 heteroatoms. The first-order valence-electron chi connectivity index (χ1n) is 11.1. The Morgan fingerprint density at radius 1 is 1.26 bits per heavy atom. The maximum absolute atomic E-state index is 13.2. The van der Waals surface area contributed by atoms with Gasteiger partial charge in [-0.3, -0.25) is 9.69 Å². The van der Waals surface area contributed by atoms with Crippen LogP contribution in [0.25, 0.3) is 0 Å². The van der Waals surface area contributed by atoms with Crippen LogP contribution in [0.2, 0.25) is 10.0 Å². The van der Waals surface area contributed by atoms with Crippen LogP contribution >= 0.6 is 23.2 Å². The molecule has 8 nitrogen and oxygen atoms in total. The summed E-state index contributed by atoms with van der Waals surface area (Å²) >= 11 is 12.6. The van der Waals surface area contributed by atoms with Crippen molar-refractivity contribution in [2.45, 2.75) is 13.5 Å². The highest BCUT2D eigenvalue weighted by Gasteiger charge is 2.23. The summed E-state index contributed by atoms with van der Waals surface area (Å²) in [6.07, 6.45) is 2.81. The molecule has 1 saturated heterocycles. The van der Waals surface area contributed by atoms with Crippen LogP contribution < -0.4 is 20.4 Å². The number of anilines is 4. The zero-order chi connectivity index (χ0) is 24.9. The molecule has 2 aromatic carbocycles. The minimum Gasteiger partial charge on any atom is -0.392 e. The van der Waals surface area contributed by atoms with Gasteiger partial charge in [0.2, 0.25) is 5.95 Å². The third-order valence-electron chi connectivity index (χ3n) is 5.75. The van der Waals surface area contributed by atoms with E-state index in [4.69, 9.17) is 23.2 Å². The third-order valence-corrected chi connectivity index (χ3v) is 6.36. The monoisotopic (exact) mass is 512 g/mol. The van der Waals surface area contributed by atoms with Gasteiger partial charge in [0.15, 0.2) is 0 Å². The summed E-state index contributed by atoms with van der Waals surface area (Å²) in [7, 11) is 0. The smallest absolute Gasteiger partial charge is 0.265 e. The summed E-state index contributed by atoms with van der Waals surface area (Å²) in [6, 6.07) is 10.8. The van der Waals surface area contributed by atoms with Gasteiger partial charge in [-0.05, 0) is 37.3 Å². The van der Waals surface area contributed by atoms with Gasteiger partial charge >= 0.3 is 0 Å². The predicted molar refractivity (Wildman–Crippen MR) is 141 cm³/mol. The maximum atomic E-state index is 13.2. The number of aliphatic hydroxyl groups is 1. The zero-order valence-electron chi connectivity index (χ0n) is 19.3. The van der Waals surface area contributed by atoms with Crippen molar-refractivity contribution in [2.24, 2.45) is 0 Å². The number of piperazine rings is 1. The van der Waals surface area contributed by atoms with Gasteiger partial charge in [-0.1, -0.05) is 35.8 Å². The number of carbonyl (C=O) groups excluding carboxylic acids is 1. The molecule has 0 atom stereocenters. The fraction of sp³-hybridized carbons (Fsp3) is 0.240. The molecule has 35 heavy (non-hydrogen) atoms. The molecule has 1 fully saturated rings.